The fraction of sp³-hybridized carbons (Fsp3) is 0.111. The molecule has 0 saturated heterocycles. The van der Waals surface area contributed by atoms with Crippen molar-refractivity contribution in [2.24, 2.45) is 5.10 Å². The van der Waals surface area contributed by atoms with E-state index >= 15 is 0 Å². The van der Waals surface area contributed by atoms with E-state index in [4.69, 9.17) is 11.6 Å². The number of rotatable bonds is 8. The number of aryl methyl sites for hydroxylation is 1. The highest BCUT2D eigenvalue weighted by atomic mass is 35.5. The Kier molecular flexibility index (Phi) is 7.46. The van der Waals surface area contributed by atoms with Gasteiger partial charge in [-0.05, 0) is 79.6 Å². The van der Waals surface area contributed by atoms with Gasteiger partial charge in [-0.1, -0.05) is 23.7 Å². The molecule has 0 spiro atoms. The van der Waals surface area contributed by atoms with Gasteiger partial charge in [-0.15, -0.1) is 0 Å². The molecule has 2 N–H and O–H groups in total. The molecule has 9 heteroatoms. The summed E-state index contributed by atoms with van der Waals surface area (Å²) >= 11 is 5.86. The number of carbonyl (C=O) groups excluding carboxylic acids is 1. The third-order valence-corrected chi connectivity index (χ3v) is 5.95. The minimum absolute atomic E-state index is 0.0668. The molecule has 4 aromatic rings. The fourth-order valence-corrected chi connectivity index (χ4v) is 3.98. The quantitative estimate of drug-likeness (QED) is 0.179. The molecule has 36 heavy (non-hydrogen) atoms. The number of nitrogens with one attached hydrogen (secondary N) is 2. The number of halogens is 1. The summed E-state index contributed by atoms with van der Waals surface area (Å²) in [7, 11) is 0. The third-order valence-electron chi connectivity index (χ3n) is 5.70. The molecule has 0 aliphatic carbocycles. The molecular formula is C27H24ClN5O3. The molecule has 4 rings (SSSR count). The number of benzene rings is 3. The smallest absolute Gasteiger partial charge is 0.269 e. The van der Waals surface area contributed by atoms with E-state index in [0.29, 0.717) is 5.02 Å². The van der Waals surface area contributed by atoms with E-state index in [-0.39, 0.29) is 18.1 Å². The number of hydrogen-bond donors (Lipinski definition) is 2. The molecule has 182 valence electrons. The molecule has 1 heterocycles. The van der Waals surface area contributed by atoms with Crippen LogP contribution in [0, 0.1) is 24.0 Å². The summed E-state index contributed by atoms with van der Waals surface area (Å²) in [6, 6.07) is 23.6. The summed E-state index contributed by atoms with van der Waals surface area (Å²) in [6.45, 7) is 4.07. The SMILES string of the molecule is Cc1cc(/C=N\NC(=O)CNc2ccc(Cl)cc2)c(C)n1-c1ccc(-c2ccc([N+](=O)[O-])cc2)cc1. The van der Waals surface area contributed by atoms with Gasteiger partial charge in [0.2, 0.25) is 0 Å². The summed E-state index contributed by atoms with van der Waals surface area (Å²) in [6.07, 6.45) is 1.63. The van der Waals surface area contributed by atoms with Crippen LogP contribution in [0.25, 0.3) is 16.8 Å². The van der Waals surface area contributed by atoms with Gasteiger partial charge < -0.3 is 9.88 Å². The van der Waals surface area contributed by atoms with Crippen LogP contribution in [-0.4, -0.2) is 28.2 Å². The third kappa shape index (κ3) is 5.79. The Morgan fingerprint density at radius 2 is 1.61 bits per heavy atom. The highest BCUT2D eigenvalue weighted by molar-refractivity contribution is 6.30. The van der Waals surface area contributed by atoms with Crippen molar-refractivity contribution in [3.63, 3.8) is 0 Å². The van der Waals surface area contributed by atoms with Crippen LogP contribution in [0.2, 0.25) is 5.02 Å². The minimum atomic E-state index is -0.408. The van der Waals surface area contributed by atoms with Crippen molar-refractivity contribution in [3.8, 4) is 16.8 Å². The maximum absolute atomic E-state index is 12.1. The average Bonchev–Trinajstić information content (AvgIpc) is 3.16. The molecule has 0 unspecified atom stereocenters. The topological polar surface area (TPSA) is 102 Å². The zero-order valence-corrected chi connectivity index (χ0v) is 20.5. The molecule has 0 atom stereocenters. The molecule has 0 bridgehead atoms. The van der Waals surface area contributed by atoms with Crippen LogP contribution < -0.4 is 10.7 Å². The largest absolute Gasteiger partial charge is 0.376 e. The van der Waals surface area contributed by atoms with Crippen LogP contribution in [0.15, 0.2) is 84.0 Å². The van der Waals surface area contributed by atoms with Crippen molar-refractivity contribution in [2.45, 2.75) is 13.8 Å². The lowest BCUT2D eigenvalue weighted by atomic mass is 10.0. The van der Waals surface area contributed by atoms with Gasteiger partial charge in [0.05, 0.1) is 17.7 Å². The molecule has 0 fully saturated rings. The lowest BCUT2D eigenvalue weighted by Gasteiger charge is -2.11. The number of carbonyl (C=O) groups is 1. The lowest BCUT2D eigenvalue weighted by molar-refractivity contribution is -0.384. The van der Waals surface area contributed by atoms with Gasteiger partial charge in [-0.25, -0.2) is 5.43 Å². The van der Waals surface area contributed by atoms with E-state index in [1.807, 2.05) is 44.2 Å². The second-order valence-corrected chi connectivity index (χ2v) is 8.60. The van der Waals surface area contributed by atoms with Crippen molar-refractivity contribution in [1.82, 2.24) is 9.99 Å². The second kappa shape index (κ2) is 10.9. The predicted octanol–water partition coefficient (Wildman–Crippen LogP) is 5.88. The number of anilines is 1. The zero-order chi connectivity index (χ0) is 25.7. The second-order valence-electron chi connectivity index (χ2n) is 8.17. The number of hydrazone groups is 1. The molecule has 0 saturated carbocycles. The first kappa shape index (κ1) is 24.7. The van der Waals surface area contributed by atoms with Gasteiger partial charge in [0, 0.05) is 45.5 Å². The zero-order valence-electron chi connectivity index (χ0n) is 19.7. The molecule has 0 aliphatic rings. The first-order valence-corrected chi connectivity index (χ1v) is 11.5. The fourth-order valence-electron chi connectivity index (χ4n) is 3.86. The van der Waals surface area contributed by atoms with Gasteiger partial charge in [-0.2, -0.15) is 5.10 Å². The van der Waals surface area contributed by atoms with Crippen molar-refractivity contribution in [2.75, 3.05) is 11.9 Å². The van der Waals surface area contributed by atoms with Gasteiger partial charge in [0.1, 0.15) is 0 Å². The first-order chi connectivity index (χ1) is 17.3. The number of hydrogen-bond acceptors (Lipinski definition) is 5. The van der Waals surface area contributed by atoms with Gasteiger partial charge in [-0.3, -0.25) is 14.9 Å². The van der Waals surface area contributed by atoms with E-state index in [0.717, 1.165) is 39.5 Å². The Hall–Kier alpha value is -4.43. The van der Waals surface area contributed by atoms with E-state index < -0.39 is 4.92 Å². The summed E-state index contributed by atoms with van der Waals surface area (Å²) in [5, 5.41) is 18.6. The number of amides is 1. The maximum Gasteiger partial charge on any atom is 0.269 e. The van der Waals surface area contributed by atoms with Crippen molar-refractivity contribution in [1.29, 1.82) is 0 Å². The number of nitro benzene ring substituents is 1. The standard InChI is InChI=1S/C27H24ClN5O3/c1-18-15-22(16-30-31-27(34)17-29-24-9-7-23(28)8-10-24)19(2)32(18)25-11-3-20(4-12-25)21-5-13-26(14-6-21)33(35)36/h3-16,29H,17H2,1-2H3,(H,31,34)/b30-16-. The molecular weight excluding hydrogens is 478 g/mol. The molecule has 1 amide bonds. The van der Waals surface area contributed by atoms with Crippen molar-refractivity contribution < 1.29 is 9.72 Å². The summed E-state index contributed by atoms with van der Waals surface area (Å²) < 4.78 is 2.10. The van der Waals surface area contributed by atoms with Crippen molar-refractivity contribution >= 4 is 35.1 Å². The monoisotopic (exact) mass is 501 g/mol. The molecule has 3 aromatic carbocycles. The molecule has 0 aliphatic heterocycles. The average molecular weight is 502 g/mol. The first-order valence-electron chi connectivity index (χ1n) is 11.2. The van der Waals surface area contributed by atoms with Crippen LogP contribution in [-0.2, 0) is 4.79 Å². The number of non-ortho nitro benzene ring substituents is 1. The van der Waals surface area contributed by atoms with Gasteiger partial charge in [0.25, 0.3) is 11.6 Å². The number of nitro groups is 1. The normalized spacial score (nSPS) is 11.0. The van der Waals surface area contributed by atoms with Crippen LogP contribution in [0.3, 0.4) is 0 Å². The summed E-state index contributed by atoms with van der Waals surface area (Å²) in [4.78, 5) is 22.6. The van der Waals surface area contributed by atoms with Crippen LogP contribution in [0.4, 0.5) is 11.4 Å². The highest BCUT2D eigenvalue weighted by Gasteiger charge is 2.11. The number of aromatic nitrogens is 1. The number of nitrogens with zero attached hydrogens (tertiary/aromatic N) is 3. The van der Waals surface area contributed by atoms with E-state index in [2.05, 4.69) is 20.4 Å². The van der Waals surface area contributed by atoms with Crippen LogP contribution >= 0.6 is 11.6 Å². The Balaban J connectivity index is 1.41. The summed E-state index contributed by atoms with van der Waals surface area (Å²) in [5.74, 6) is -0.267. The minimum Gasteiger partial charge on any atom is -0.376 e. The maximum atomic E-state index is 12.1. The lowest BCUT2D eigenvalue weighted by Crippen LogP contribution is -2.25. The molecule has 8 nitrogen and oxygen atoms in total. The highest BCUT2D eigenvalue weighted by Crippen LogP contribution is 2.25. The van der Waals surface area contributed by atoms with E-state index in [1.165, 1.54) is 12.1 Å². The van der Waals surface area contributed by atoms with Gasteiger partial charge in [0.15, 0.2) is 0 Å². The summed E-state index contributed by atoms with van der Waals surface area (Å²) in [5.41, 5.74) is 9.13. The van der Waals surface area contributed by atoms with Gasteiger partial charge >= 0.3 is 0 Å². The Bertz CT molecular complexity index is 1410. The molecule has 1 aromatic heterocycles. The Morgan fingerprint density at radius 1 is 1.00 bits per heavy atom. The Labute approximate surface area is 213 Å². The van der Waals surface area contributed by atoms with E-state index in [9.17, 15) is 14.9 Å². The molecule has 0 radical (unpaired) electrons. The Morgan fingerprint density at radius 3 is 2.22 bits per heavy atom. The van der Waals surface area contributed by atoms with Crippen LogP contribution in [0.5, 0.6) is 0 Å². The van der Waals surface area contributed by atoms with E-state index in [1.54, 1.807) is 42.6 Å². The van der Waals surface area contributed by atoms with Crippen LogP contribution in [0.1, 0.15) is 17.0 Å². The predicted molar refractivity (Wildman–Crippen MR) is 143 cm³/mol. The van der Waals surface area contributed by atoms with Crippen molar-refractivity contribution in [3.05, 3.63) is 111 Å².